The summed E-state index contributed by atoms with van der Waals surface area (Å²) in [5.41, 5.74) is 1.07. The Morgan fingerprint density at radius 1 is 1.12 bits per heavy atom. The van der Waals surface area contributed by atoms with Crippen LogP contribution in [0.2, 0.25) is 0 Å². The number of hydrogen-bond donors (Lipinski definition) is 0. The van der Waals surface area contributed by atoms with E-state index in [0.29, 0.717) is 31.5 Å². The van der Waals surface area contributed by atoms with E-state index in [2.05, 4.69) is 32.7 Å². The van der Waals surface area contributed by atoms with Crippen molar-refractivity contribution in [3.8, 4) is 5.75 Å². The molecule has 2 atom stereocenters. The monoisotopic (exact) mass is 441 g/mol. The van der Waals surface area contributed by atoms with Crippen molar-refractivity contribution < 1.29 is 14.3 Å². The predicted molar refractivity (Wildman–Crippen MR) is 128 cm³/mol. The Labute approximate surface area is 192 Å². The minimum Gasteiger partial charge on any atom is -0.495 e. The first kappa shape index (κ1) is 23.1. The molecule has 6 heteroatoms. The first-order chi connectivity index (χ1) is 15.7. The number of methoxy groups -OCH3 is 2. The fourth-order valence-electron chi connectivity index (χ4n) is 5.74. The SMILES string of the molecule is COCCCN(C[C@@H]1CCCN2CCCC[C@H]12)C(=O)CCn1ccc2cccc(OC)c21. The molecule has 1 aromatic carbocycles. The Morgan fingerprint density at radius 3 is 2.84 bits per heavy atom. The van der Waals surface area contributed by atoms with Crippen LogP contribution in [-0.2, 0) is 16.1 Å². The average molecular weight is 442 g/mol. The van der Waals surface area contributed by atoms with Crippen LogP contribution in [0.15, 0.2) is 30.5 Å². The molecule has 0 radical (unpaired) electrons. The van der Waals surface area contributed by atoms with Gasteiger partial charge in [-0.05, 0) is 63.2 Å². The highest BCUT2D eigenvalue weighted by molar-refractivity contribution is 5.86. The van der Waals surface area contributed by atoms with Crippen LogP contribution in [0.3, 0.4) is 0 Å². The summed E-state index contributed by atoms with van der Waals surface area (Å²) in [7, 11) is 3.44. The van der Waals surface area contributed by atoms with Gasteiger partial charge in [-0.2, -0.15) is 0 Å². The van der Waals surface area contributed by atoms with Gasteiger partial charge in [-0.25, -0.2) is 0 Å². The van der Waals surface area contributed by atoms with Gasteiger partial charge in [0.1, 0.15) is 5.75 Å². The van der Waals surface area contributed by atoms with Gasteiger partial charge in [0.25, 0.3) is 0 Å². The summed E-state index contributed by atoms with van der Waals surface area (Å²) >= 11 is 0. The van der Waals surface area contributed by atoms with Crippen LogP contribution in [-0.4, -0.2) is 73.3 Å². The van der Waals surface area contributed by atoms with Gasteiger partial charge in [-0.3, -0.25) is 4.79 Å². The molecular formula is C26H39N3O3. The molecule has 4 rings (SSSR count). The lowest BCUT2D eigenvalue weighted by atomic mass is 9.83. The third-order valence-corrected chi connectivity index (χ3v) is 7.35. The third-order valence-electron chi connectivity index (χ3n) is 7.35. The summed E-state index contributed by atoms with van der Waals surface area (Å²) in [4.78, 5) is 18.2. The zero-order valence-electron chi connectivity index (χ0n) is 19.8. The largest absolute Gasteiger partial charge is 0.495 e. The highest BCUT2D eigenvalue weighted by atomic mass is 16.5. The highest BCUT2D eigenvalue weighted by Crippen LogP contribution is 2.32. The van der Waals surface area contributed by atoms with Crippen molar-refractivity contribution >= 4 is 16.8 Å². The molecule has 2 saturated heterocycles. The molecule has 0 unspecified atom stereocenters. The van der Waals surface area contributed by atoms with Crippen molar-refractivity contribution in [2.75, 3.05) is 47.0 Å². The minimum absolute atomic E-state index is 0.255. The number of carbonyl (C=O) groups excluding carboxylic acids is 1. The van der Waals surface area contributed by atoms with E-state index in [1.165, 1.54) is 45.2 Å². The van der Waals surface area contributed by atoms with Crippen LogP contribution in [0.4, 0.5) is 0 Å². The van der Waals surface area contributed by atoms with Crippen LogP contribution in [0, 0.1) is 5.92 Å². The van der Waals surface area contributed by atoms with Crippen molar-refractivity contribution in [1.29, 1.82) is 0 Å². The van der Waals surface area contributed by atoms with E-state index in [1.807, 2.05) is 12.1 Å². The fraction of sp³-hybridized carbons (Fsp3) is 0.654. The quantitative estimate of drug-likeness (QED) is 0.519. The lowest BCUT2D eigenvalue weighted by molar-refractivity contribution is -0.133. The van der Waals surface area contributed by atoms with Gasteiger partial charge in [-0.15, -0.1) is 0 Å². The van der Waals surface area contributed by atoms with E-state index in [9.17, 15) is 4.79 Å². The molecule has 1 amide bonds. The number of aryl methyl sites for hydroxylation is 1. The number of aromatic nitrogens is 1. The number of rotatable bonds is 10. The molecule has 3 heterocycles. The normalized spacial score (nSPS) is 21.4. The fourth-order valence-corrected chi connectivity index (χ4v) is 5.74. The number of amides is 1. The van der Waals surface area contributed by atoms with Crippen LogP contribution >= 0.6 is 0 Å². The second-order valence-electron chi connectivity index (χ2n) is 9.34. The van der Waals surface area contributed by atoms with Crippen LogP contribution < -0.4 is 4.74 Å². The van der Waals surface area contributed by atoms with Crippen molar-refractivity contribution in [3.63, 3.8) is 0 Å². The average Bonchev–Trinajstić information content (AvgIpc) is 3.25. The zero-order valence-corrected chi connectivity index (χ0v) is 19.8. The molecular weight excluding hydrogens is 402 g/mol. The summed E-state index contributed by atoms with van der Waals surface area (Å²) in [6, 6.07) is 8.83. The molecule has 0 spiro atoms. The Kier molecular flexibility index (Phi) is 8.09. The molecule has 176 valence electrons. The van der Waals surface area contributed by atoms with Gasteiger partial charge in [0.05, 0.1) is 12.6 Å². The molecule has 2 aliphatic rings. The first-order valence-electron chi connectivity index (χ1n) is 12.3. The van der Waals surface area contributed by atoms with Crippen molar-refractivity contribution in [2.45, 2.75) is 57.5 Å². The number of ether oxygens (including phenoxy) is 2. The smallest absolute Gasteiger partial charge is 0.224 e. The number of nitrogens with zero attached hydrogens (tertiary/aromatic N) is 3. The van der Waals surface area contributed by atoms with Gasteiger partial charge in [0.15, 0.2) is 0 Å². The molecule has 0 N–H and O–H groups in total. The number of fused-ring (bicyclic) bond motifs is 2. The Balaban J connectivity index is 1.42. The maximum atomic E-state index is 13.4. The van der Waals surface area contributed by atoms with E-state index in [4.69, 9.17) is 9.47 Å². The van der Waals surface area contributed by atoms with Crippen LogP contribution in [0.25, 0.3) is 10.9 Å². The lowest BCUT2D eigenvalue weighted by Crippen LogP contribution is -2.51. The zero-order chi connectivity index (χ0) is 22.3. The maximum Gasteiger partial charge on any atom is 0.224 e. The molecule has 2 fully saturated rings. The Hall–Kier alpha value is -2.05. The van der Waals surface area contributed by atoms with Crippen molar-refractivity contribution in [3.05, 3.63) is 30.5 Å². The van der Waals surface area contributed by atoms with Crippen LogP contribution in [0.1, 0.15) is 44.9 Å². The van der Waals surface area contributed by atoms with E-state index in [0.717, 1.165) is 36.2 Å². The predicted octanol–water partition coefficient (Wildman–Crippen LogP) is 4.17. The van der Waals surface area contributed by atoms with E-state index < -0.39 is 0 Å². The standard InChI is InChI=1S/C26H39N3O3/c1-31-19-7-16-29(20-22-9-6-15-27-14-4-3-10-23(22)27)25(30)13-18-28-17-12-21-8-5-11-24(32-2)26(21)28/h5,8,11-12,17,22-23H,3-4,6-7,9-10,13-16,18-20H2,1-2H3/t22-,23+/m0/s1. The number of carbonyl (C=O) groups is 1. The molecule has 2 aromatic rings. The molecule has 0 aliphatic carbocycles. The number of para-hydroxylation sites is 1. The summed E-state index contributed by atoms with van der Waals surface area (Å²) in [5.74, 6) is 1.71. The number of piperidine rings is 2. The molecule has 2 aliphatic heterocycles. The summed E-state index contributed by atoms with van der Waals surface area (Å²) < 4.78 is 13.0. The van der Waals surface area contributed by atoms with Gasteiger partial charge >= 0.3 is 0 Å². The van der Waals surface area contributed by atoms with Gasteiger partial charge in [0.2, 0.25) is 5.91 Å². The molecule has 0 bridgehead atoms. The lowest BCUT2D eigenvalue weighted by Gasteiger charge is -2.45. The molecule has 32 heavy (non-hydrogen) atoms. The van der Waals surface area contributed by atoms with Crippen molar-refractivity contribution in [1.82, 2.24) is 14.4 Å². The Morgan fingerprint density at radius 2 is 2.00 bits per heavy atom. The number of benzene rings is 1. The van der Waals surface area contributed by atoms with E-state index >= 15 is 0 Å². The van der Waals surface area contributed by atoms with E-state index in [1.54, 1.807) is 14.2 Å². The first-order valence-corrected chi connectivity index (χ1v) is 12.3. The summed E-state index contributed by atoms with van der Waals surface area (Å²) in [6.45, 7) is 5.51. The highest BCUT2D eigenvalue weighted by Gasteiger charge is 2.34. The van der Waals surface area contributed by atoms with Gasteiger partial charge in [0, 0.05) is 57.4 Å². The van der Waals surface area contributed by atoms with Crippen molar-refractivity contribution in [2.24, 2.45) is 5.92 Å². The minimum atomic E-state index is 0.255. The van der Waals surface area contributed by atoms with Gasteiger partial charge in [-0.1, -0.05) is 18.6 Å². The topological polar surface area (TPSA) is 46.9 Å². The van der Waals surface area contributed by atoms with E-state index in [-0.39, 0.29) is 5.91 Å². The van der Waals surface area contributed by atoms with Crippen LogP contribution in [0.5, 0.6) is 5.75 Å². The second kappa shape index (κ2) is 11.2. The molecule has 6 nitrogen and oxygen atoms in total. The summed E-state index contributed by atoms with van der Waals surface area (Å²) in [5, 5.41) is 1.15. The van der Waals surface area contributed by atoms with Gasteiger partial charge < -0.3 is 23.8 Å². The third kappa shape index (κ3) is 5.29. The molecule has 1 aromatic heterocycles. The Bertz CT molecular complexity index is 878. The second-order valence-corrected chi connectivity index (χ2v) is 9.34. The summed E-state index contributed by atoms with van der Waals surface area (Å²) in [6.07, 6.45) is 9.92. The maximum absolute atomic E-state index is 13.4. The molecule has 0 saturated carbocycles. The number of hydrogen-bond acceptors (Lipinski definition) is 4.